The number of rotatable bonds is 18. The van der Waals surface area contributed by atoms with E-state index in [1.165, 1.54) is 7.11 Å². The van der Waals surface area contributed by atoms with Crippen LogP contribution in [-0.2, 0) is 57.5 Å². The number of alkyl carbamates (subject to hydrolysis) is 1. The molecule has 0 spiro atoms. The number of amides is 3. The summed E-state index contributed by atoms with van der Waals surface area (Å²) in [6.07, 6.45) is -0.236. The Morgan fingerprint density at radius 1 is 0.772 bits per heavy atom. The first-order valence-corrected chi connectivity index (χ1v) is 27.1. The van der Waals surface area contributed by atoms with Gasteiger partial charge in [-0.1, -0.05) is 86.6 Å². The van der Waals surface area contributed by atoms with E-state index >= 15 is 0 Å². The number of para-hydroxylation sites is 1. The van der Waals surface area contributed by atoms with Crippen LogP contribution in [0.5, 0.6) is 5.75 Å². The maximum Gasteiger partial charge on any atom is 0.461 e. The van der Waals surface area contributed by atoms with E-state index in [0.717, 1.165) is 47.0 Å². The SMILES string of the molecule is CC(C)(C)OC(=O)NC(C(=O)O)c1nsc(NC(=O)OCc2ccccc2)n1.COc1c(C[C@H](CC(=O)C(N)c2nsc(NC(=O)OCc3ccccc3)n2)B2O[C@@H]3C[C@@H]4C[C@@H](C4(C)C)[C@]3(C)O2)cccc1C(=O)OC(C)(C)C. The molecule has 422 valence electrons. The minimum Gasteiger partial charge on any atom is -0.496 e. The topological polar surface area (TPSA) is 301 Å². The highest BCUT2D eigenvalue weighted by Gasteiger charge is 2.68. The van der Waals surface area contributed by atoms with Crippen molar-refractivity contribution in [2.24, 2.45) is 23.0 Å². The summed E-state index contributed by atoms with van der Waals surface area (Å²) in [4.78, 5) is 82.8. The van der Waals surface area contributed by atoms with E-state index in [-0.39, 0.29) is 64.4 Å². The predicted molar refractivity (Wildman–Crippen MR) is 292 cm³/mol. The molecule has 3 saturated carbocycles. The van der Waals surface area contributed by atoms with Gasteiger partial charge >= 0.3 is 37.3 Å². The van der Waals surface area contributed by atoms with Crippen molar-refractivity contribution < 1.29 is 66.9 Å². The normalized spacial score (nSPS) is 20.0. The fourth-order valence-corrected chi connectivity index (χ4v) is 11.0. The molecule has 2 bridgehead atoms. The average Bonchev–Trinajstić information content (AvgIpc) is 4.12. The van der Waals surface area contributed by atoms with Gasteiger partial charge in [0.25, 0.3) is 0 Å². The smallest absolute Gasteiger partial charge is 0.461 e. The second-order valence-corrected chi connectivity index (χ2v) is 23.7. The van der Waals surface area contributed by atoms with Crippen molar-refractivity contribution in [2.75, 3.05) is 17.7 Å². The largest absolute Gasteiger partial charge is 0.496 e. The van der Waals surface area contributed by atoms with Crippen LogP contribution in [0.3, 0.4) is 0 Å². The molecule has 2 aromatic heterocycles. The number of aliphatic carboxylic acids is 1. The summed E-state index contributed by atoms with van der Waals surface area (Å²) in [5.41, 5.74) is 7.25. The molecule has 6 N–H and O–H groups in total. The number of carbonyl (C=O) groups excluding carboxylic acids is 5. The van der Waals surface area contributed by atoms with Crippen molar-refractivity contribution >= 4 is 76.4 Å². The highest BCUT2D eigenvalue weighted by Crippen LogP contribution is 2.66. The summed E-state index contributed by atoms with van der Waals surface area (Å²) < 4.78 is 48.4. The van der Waals surface area contributed by atoms with Crippen LogP contribution in [0.4, 0.5) is 24.6 Å². The summed E-state index contributed by atoms with van der Waals surface area (Å²) in [5, 5.41) is 16.6. The lowest BCUT2D eigenvalue weighted by Gasteiger charge is -2.64. The van der Waals surface area contributed by atoms with Crippen LogP contribution < -0.4 is 26.4 Å². The molecule has 4 fully saturated rings. The monoisotopic (exact) mass is 1130 g/mol. The molecule has 1 saturated heterocycles. The van der Waals surface area contributed by atoms with Gasteiger partial charge in [0, 0.05) is 35.3 Å². The van der Waals surface area contributed by atoms with Gasteiger partial charge in [-0.25, -0.2) is 33.9 Å². The number of methoxy groups -OCH3 is 1. The van der Waals surface area contributed by atoms with E-state index in [2.05, 4.69) is 55.4 Å². The Bertz CT molecular complexity index is 2970. The summed E-state index contributed by atoms with van der Waals surface area (Å²) in [6.45, 7) is 17.2. The van der Waals surface area contributed by atoms with Gasteiger partial charge in [0.05, 0.1) is 18.8 Å². The van der Waals surface area contributed by atoms with Crippen LogP contribution in [0.15, 0.2) is 78.9 Å². The van der Waals surface area contributed by atoms with Crippen LogP contribution in [0.2, 0.25) is 5.82 Å². The maximum atomic E-state index is 13.9. The van der Waals surface area contributed by atoms with E-state index in [1.807, 2.05) is 54.6 Å². The molecule has 1 aliphatic heterocycles. The molecule has 3 aromatic carbocycles. The first-order valence-electron chi connectivity index (χ1n) is 25.6. The molecule has 22 nitrogen and oxygen atoms in total. The number of carboxylic acids is 1. The van der Waals surface area contributed by atoms with Crippen LogP contribution in [0, 0.1) is 17.3 Å². The molecular weight excluding hydrogens is 1060 g/mol. The molecule has 3 aliphatic carbocycles. The zero-order valence-corrected chi connectivity index (χ0v) is 47.4. The third-order valence-electron chi connectivity index (χ3n) is 13.7. The summed E-state index contributed by atoms with van der Waals surface area (Å²) in [5.74, 6) is -1.55. The predicted octanol–water partition coefficient (Wildman–Crippen LogP) is 9.49. The lowest BCUT2D eigenvalue weighted by atomic mass is 9.43. The van der Waals surface area contributed by atoms with Crippen LogP contribution in [0.1, 0.15) is 132 Å². The third kappa shape index (κ3) is 15.4. The van der Waals surface area contributed by atoms with E-state index in [0.29, 0.717) is 29.6 Å². The number of hydrogen-bond acceptors (Lipinski definition) is 20. The number of carboxylic acid groups (broad SMARTS) is 1. The first kappa shape index (κ1) is 59.6. The molecule has 9 rings (SSSR count). The quantitative estimate of drug-likeness (QED) is 0.0310. The summed E-state index contributed by atoms with van der Waals surface area (Å²) in [6, 6.07) is 21.0. The van der Waals surface area contributed by atoms with E-state index < -0.39 is 72.0 Å². The number of hydrogen-bond donors (Lipinski definition) is 5. The minimum absolute atomic E-state index is 0.0208. The number of nitrogens with two attached hydrogens (primary N) is 1. The Morgan fingerprint density at radius 2 is 1.33 bits per heavy atom. The van der Waals surface area contributed by atoms with Crippen LogP contribution in [0.25, 0.3) is 0 Å². The number of aromatic nitrogens is 4. The number of ketones is 1. The number of carbonyl (C=O) groups is 6. The number of nitrogens with one attached hydrogen (secondary N) is 3. The number of nitrogens with zero attached hydrogens (tertiary/aromatic N) is 4. The van der Waals surface area contributed by atoms with Crippen molar-refractivity contribution in [2.45, 2.75) is 142 Å². The number of Topliss-reactive ketones (excluding diaryl/α,β-unsaturated/α-hetero) is 1. The Balaban J connectivity index is 0.000000273. The van der Waals surface area contributed by atoms with E-state index in [1.54, 1.807) is 65.8 Å². The Labute approximate surface area is 466 Å². The molecular formula is C54H67BN8O14S2. The Morgan fingerprint density at radius 3 is 1.86 bits per heavy atom. The molecule has 3 heterocycles. The molecule has 3 amide bonds. The van der Waals surface area contributed by atoms with Crippen LogP contribution in [-0.4, -0.2) is 97.0 Å². The van der Waals surface area contributed by atoms with Gasteiger partial charge in [-0.3, -0.25) is 15.4 Å². The minimum atomic E-state index is -1.53. The fourth-order valence-electron chi connectivity index (χ4n) is 9.83. The van der Waals surface area contributed by atoms with Crippen molar-refractivity contribution in [3.63, 3.8) is 0 Å². The summed E-state index contributed by atoms with van der Waals surface area (Å²) >= 11 is 1.66. The third-order valence-corrected chi connectivity index (χ3v) is 15.0. The highest BCUT2D eigenvalue weighted by atomic mass is 32.1. The highest BCUT2D eigenvalue weighted by molar-refractivity contribution is 7.10. The Hall–Kier alpha value is -7.06. The molecule has 25 heteroatoms. The average molecular weight is 1130 g/mol. The molecule has 7 atom stereocenters. The molecule has 79 heavy (non-hydrogen) atoms. The standard InChI is InChI=1S/C37H47BN4O8S.C17H20N4O6S/c1-35(2,3)48-32(44)25-15-11-14-22(30(25)46-7)16-24(38-49-28-18-23-17-27(36(23,4)5)37(28,6)50-38)19-26(43)29(39)31-40-33(51-42-31)41-34(45)47-20-21-12-9-8-10-13-21;1-17(2,3)27-16(25)18-11(13(22)23)12-19-14(28-21-12)20-15(24)26-9-10-7-5-4-6-8-10/h8-15,23-24,27-29H,16-20,39H2,1-7H3,(H,40,41,42,45);4-8,11H,9H2,1-3H3,(H,18,25)(H,22,23)(H,19,20,21,24)/t23-,24+,27-,28+,29?,37-;/m0./s1. The second kappa shape index (κ2) is 25.0. The fraction of sp³-hybridized carbons (Fsp3) is 0.481. The molecule has 2 unspecified atom stereocenters. The second-order valence-electron chi connectivity index (χ2n) is 22.2. The summed E-state index contributed by atoms with van der Waals surface area (Å²) in [7, 11) is 0.800. The van der Waals surface area contributed by atoms with Crippen molar-refractivity contribution in [1.29, 1.82) is 0 Å². The van der Waals surface area contributed by atoms with Crippen LogP contribution >= 0.6 is 23.1 Å². The lowest BCUT2D eigenvalue weighted by molar-refractivity contribution is -0.199. The van der Waals surface area contributed by atoms with E-state index in [4.69, 9.17) is 38.7 Å². The Kier molecular flexibility index (Phi) is 18.8. The maximum absolute atomic E-state index is 13.9. The van der Waals surface area contributed by atoms with Gasteiger partial charge in [-0.05, 0) is 108 Å². The van der Waals surface area contributed by atoms with Gasteiger partial charge in [0.15, 0.2) is 23.5 Å². The van der Waals surface area contributed by atoms with E-state index in [9.17, 15) is 33.9 Å². The lowest BCUT2D eigenvalue weighted by Crippen LogP contribution is -2.65. The number of esters is 1. The van der Waals surface area contributed by atoms with Crippen molar-refractivity contribution in [3.8, 4) is 5.75 Å². The van der Waals surface area contributed by atoms with Crippen molar-refractivity contribution in [3.05, 3.63) is 113 Å². The number of benzene rings is 3. The van der Waals surface area contributed by atoms with Gasteiger partial charge in [-0.2, -0.15) is 8.75 Å². The van der Waals surface area contributed by atoms with Crippen molar-refractivity contribution in [1.82, 2.24) is 24.0 Å². The number of ether oxygens (including phenoxy) is 5. The number of anilines is 2. The van der Waals surface area contributed by atoms with Gasteiger partial charge in [0.2, 0.25) is 10.3 Å². The zero-order valence-electron chi connectivity index (χ0n) is 45.7. The van der Waals surface area contributed by atoms with Gasteiger partial charge in [-0.15, -0.1) is 0 Å². The molecule has 5 aromatic rings. The molecule has 4 aliphatic rings. The van der Waals surface area contributed by atoms with Gasteiger partial charge in [0.1, 0.15) is 41.8 Å². The molecule has 0 radical (unpaired) electrons. The zero-order chi connectivity index (χ0) is 57.5. The first-order chi connectivity index (χ1) is 37.2. The van der Waals surface area contributed by atoms with Gasteiger partial charge < -0.3 is 49.2 Å².